The van der Waals surface area contributed by atoms with Gasteiger partial charge in [0.25, 0.3) is 5.91 Å². The van der Waals surface area contributed by atoms with Gasteiger partial charge in [-0.1, -0.05) is 11.6 Å². The predicted molar refractivity (Wildman–Crippen MR) is 62.7 cm³/mol. The van der Waals surface area contributed by atoms with Crippen LogP contribution in [0.1, 0.15) is 0 Å². The third-order valence-corrected chi connectivity index (χ3v) is 2.64. The molecule has 100 valence electrons. The number of carbonyl (C=O) groups is 1. The van der Waals surface area contributed by atoms with E-state index in [2.05, 4.69) is 0 Å². The first-order valence-corrected chi connectivity index (χ1v) is 5.50. The molecule has 0 fully saturated rings. The number of aliphatic hydroxyl groups excluding tert-OH is 2. The number of hydrogen-bond donors (Lipinski definition) is 3. The van der Waals surface area contributed by atoms with Crippen molar-refractivity contribution in [3.8, 4) is 5.75 Å². The molecule has 18 heavy (non-hydrogen) atoms. The van der Waals surface area contributed by atoms with Crippen LogP contribution < -0.4 is 10.5 Å². The van der Waals surface area contributed by atoms with Gasteiger partial charge in [-0.15, -0.1) is 0 Å². The zero-order chi connectivity index (χ0) is 13.7. The summed E-state index contributed by atoms with van der Waals surface area (Å²) in [6.45, 7) is -0.972. The van der Waals surface area contributed by atoms with Crippen molar-refractivity contribution >= 4 is 17.5 Å². The number of primary amides is 1. The fourth-order valence-corrected chi connectivity index (χ4v) is 1.45. The Hall–Kier alpha value is -1.37. The molecule has 0 heterocycles. The minimum absolute atomic E-state index is 0.0348. The Morgan fingerprint density at radius 2 is 2.06 bits per heavy atom. The summed E-state index contributed by atoms with van der Waals surface area (Å²) in [6.07, 6.45) is -1.25. The average Bonchev–Trinajstić information content (AvgIpc) is 2.33. The molecule has 1 unspecified atom stereocenters. The number of amides is 1. The van der Waals surface area contributed by atoms with Crippen LogP contribution in [-0.4, -0.2) is 35.4 Å². The van der Waals surface area contributed by atoms with Gasteiger partial charge in [0.05, 0.1) is 24.2 Å². The fourth-order valence-electron chi connectivity index (χ4n) is 1.33. The first-order chi connectivity index (χ1) is 8.49. The van der Waals surface area contributed by atoms with Crippen LogP contribution in [0, 0.1) is 11.7 Å². The number of hydrogen-bond acceptors (Lipinski definition) is 4. The Balaban J connectivity index is 2.89. The summed E-state index contributed by atoms with van der Waals surface area (Å²) < 4.78 is 18.3. The Labute approximate surface area is 108 Å². The van der Waals surface area contributed by atoms with Crippen LogP contribution in [0.2, 0.25) is 5.02 Å². The second-order valence-electron chi connectivity index (χ2n) is 3.64. The summed E-state index contributed by atoms with van der Waals surface area (Å²) in [4.78, 5) is 11.2. The molecule has 7 heteroatoms. The fraction of sp³-hybridized carbons (Fsp3) is 0.364. The van der Waals surface area contributed by atoms with E-state index in [9.17, 15) is 9.18 Å². The first kappa shape index (κ1) is 14.7. The number of aliphatic hydroxyl groups is 2. The van der Waals surface area contributed by atoms with Crippen molar-refractivity contribution in [2.75, 3.05) is 13.2 Å². The molecule has 1 amide bonds. The normalized spacial score (nSPS) is 12.5. The van der Waals surface area contributed by atoms with Crippen molar-refractivity contribution in [2.24, 2.45) is 11.7 Å². The van der Waals surface area contributed by atoms with E-state index >= 15 is 0 Å². The van der Waals surface area contributed by atoms with E-state index < -0.39 is 37.0 Å². The largest absolute Gasteiger partial charge is 0.480 e. The van der Waals surface area contributed by atoms with Gasteiger partial charge in [0.1, 0.15) is 11.6 Å². The summed E-state index contributed by atoms with van der Waals surface area (Å²) in [5.74, 6) is -2.41. The summed E-state index contributed by atoms with van der Waals surface area (Å²) in [5.41, 5.74) is 5.10. The van der Waals surface area contributed by atoms with Gasteiger partial charge in [-0.05, 0) is 12.1 Å². The van der Waals surface area contributed by atoms with Gasteiger partial charge in [-0.2, -0.15) is 0 Å². The Kier molecular flexibility index (Phi) is 5.33. The van der Waals surface area contributed by atoms with Crippen LogP contribution in [0.4, 0.5) is 4.39 Å². The first-order valence-electron chi connectivity index (χ1n) is 5.12. The zero-order valence-electron chi connectivity index (χ0n) is 9.35. The molecule has 0 aliphatic carbocycles. The van der Waals surface area contributed by atoms with Crippen LogP contribution in [0.5, 0.6) is 5.75 Å². The number of benzene rings is 1. The molecule has 0 radical (unpaired) electrons. The maximum atomic E-state index is 13.2. The lowest BCUT2D eigenvalue weighted by molar-refractivity contribution is -0.128. The minimum atomic E-state index is -1.25. The van der Waals surface area contributed by atoms with E-state index in [0.717, 1.165) is 6.07 Å². The van der Waals surface area contributed by atoms with Crippen molar-refractivity contribution < 1.29 is 24.1 Å². The lowest BCUT2D eigenvalue weighted by atomic mass is 10.0. The summed E-state index contributed by atoms with van der Waals surface area (Å²) in [7, 11) is 0. The average molecular weight is 278 g/mol. The number of carbonyl (C=O) groups excluding carboxylic acids is 1. The lowest BCUT2D eigenvalue weighted by Crippen LogP contribution is -2.43. The van der Waals surface area contributed by atoms with Gasteiger partial charge >= 0.3 is 0 Å². The standard InChI is InChI=1S/C11H13ClFNO4/c12-8-2-1-7(3-9(8)13)18-10(11(14)17)6(4-15)5-16/h1-3,6,10,15-16H,4-5H2,(H2,14,17). The summed E-state index contributed by atoms with van der Waals surface area (Å²) in [5, 5.41) is 17.9. The molecule has 0 aliphatic heterocycles. The van der Waals surface area contributed by atoms with Crippen LogP contribution in [0.3, 0.4) is 0 Å². The zero-order valence-corrected chi connectivity index (χ0v) is 10.1. The molecular weight excluding hydrogens is 265 g/mol. The van der Waals surface area contributed by atoms with Crippen molar-refractivity contribution in [1.82, 2.24) is 0 Å². The molecule has 0 bridgehead atoms. The highest BCUT2D eigenvalue weighted by Crippen LogP contribution is 2.22. The van der Waals surface area contributed by atoms with Crippen molar-refractivity contribution in [2.45, 2.75) is 6.10 Å². The molecule has 1 atom stereocenters. The molecule has 1 aromatic carbocycles. The van der Waals surface area contributed by atoms with E-state index in [4.69, 9.17) is 32.3 Å². The van der Waals surface area contributed by atoms with Crippen LogP contribution in [0.15, 0.2) is 18.2 Å². The topological polar surface area (TPSA) is 92.8 Å². The number of halogens is 2. The Morgan fingerprint density at radius 3 is 2.50 bits per heavy atom. The second kappa shape index (κ2) is 6.53. The molecule has 0 saturated carbocycles. The molecule has 0 spiro atoms. The maximum absolute atomic E-state index is 13.2. The molecule has 4 N–H and O–H groups in total. The van der Waals surface area contributed by atoms with Gasteiger partial charge in [0, 0.05) is 6.07 Å². The van der Waals surface area contributed by atoms with Gasteiger partial charge in [0.2, 0.25) is 0 Å². The minimum Gasteiger partial charge on any atom is -0.480 e. The predicted octanol–water partition coefficient (Wildman–Crippen LogP) is 0.313. The van der Waals surface area contributed by atoms with Crippen LogP contribution in [-0.2, 0) is 4.79 Å². The van der Waals surface area contributed by atoms with E-state index in [1.807, 2.05) is 0 Å². The van der Waals surface area contributed by atoms with Gasteiger partial charge in [-0.25, -0.2) is 4.39 Å². The van der Waals surface area contributed by atoms with Gasteiger partial charge < -0.3 is 20.7 Å². The van der Waals surface area contributed by atoms with Gasteiger partial charge in [-0.3, -0.25) is 4.79 Å². The Bertz CT molecular complexity index is 426. The second-order valence-corrected chi connectivity index (χ2v) is 4.05. The van der Waals surface area contributed by atoms with Crippen molar-refractivity contribution in [1.29, 1.82) is 0 Å². The number of ether oxygens (including phenoxy) is 1. The van der Waals surface area contributed by atoms with E-state index in [1.54, 1.807) is 0 Å². The molecule has 0 aliphatic rings. The quantitative estimate of drug-likeness (QED) is 0.698. The number of rotatable bonds is 6. The molecule has 1 rings (SSSR count). The summed E-state index contributed by atoms with van der Waals surface area (Å²) in [6, 6.07) is 3.61. The van der Waals surface area contributed by atoms with E-state index in [0.29, 0.717) is 0 Å². The monoisotopic (exact) mass is 277 g/mol. The highest BCUT2D eigenvalue weighted by atomic mass is 35.5. The molecule has 5 nitrogen and oxygen atoms in total. The smallest absolute Gasteiger partial charge is 0.258 e. The third-order valence-electron chi connectivity index (χ3n) is 2.33. The highest BCUT2D eigenvalue weighted by Gasteiger charge is 2.27. The van der Waals surface area contributed by atoms with Gasteiger partial charge in [0.15, 0.2) is 6.10 Å². The lowest BCUT2D eigenvalue weighted by Gasteiger charge is -2.22. The molecule has 1 aromatic rings. The molecule has 0 saturated heterocycles. The van der Waals surface area contributed by atoms with Crippen LogP contribution in [0.25, 0.3) is 0 Å². The maximum Gasteiger partial charge on any atom is 0.258 e. The van der Waals surface area contributed by atoms with E-state index in [-0.39, 0.29) is 10.8 Å². The van der Waals surface area contributed by atoms with Crippen LogP contribution >= 0.6 is 11.6 Å². The number of nitrogens with two attached hydrogens (primary N) is 1. The Morgan fingerprint density at radius 1 is 1.44 bits per heavy atom. The summed E-state index contributed by atoms with van der Waals surface area (Å²) >= 11 is 5.49. The highest BCUT2D eigenvalue weighted by molar-refractivity contribution is 6.30. The molecular formula is C11H13ClFNO4. The van der Waals surface area contributed by atoms with E-state index in [1.165, 1.54) is 12.1 Å². The van der Waals surface area contributed by atoms with Crippen molar-refractivity contribution in [3.05, 3.63) is 29.0 Å². The molecule has 0 aromatic heterocycles. The van der Waals surface area contributed by atoms with Crippen molar-refractivity contribution in [3.63, 3.8) is 0 Å². The SMILES string of the molecule is NC(=O)C(Oc1ccc(Cl)c(F)c1)C(CO)CO. The third kappa shape index (κ3) is 3.56.